The highest BCUT2D eigenvalue weighted by molar-refractivity contribution is 9.10. The van der Waals surface area contributed by atoms with Crippen LogP contribution < -0.4 is 5.73 Å². The zero-order valence-corrected chi connectivity index (χ0v) is 13.0. The van der Waals surface area contributed by atoms with Crippen LogP contribution in [0.25, 0.3) is 0 Å². The average Bonchev–Trinajstić information content (AvgIpc) is 2.77. The van der Waals surface area contributed by atoms with Crippen LogP contribution in [0.3, 0.4) is 0 Å². The summed E-state index contributed by atoms with van der Waals surface area (Å²) in [5, 5.41) is 19.7. The lowest BCUT2D eigenvalue weighted by Crippen LogP contribution is -2.38. The quantitative estimate of drug-likeness (QED) is 0.821. The van der Waals surface area contributed by atoms with Crippen molar-refractivity contribution in [2.45, 2.75) is 11.8 Å². The number of hydrogen-bond acceptors (Lipinski definition) is 6. The highest BCUT2D eigenvalue weighted by Gasteiger charge is 2.94. The Morgan fingerprint density at radius 1 is 1.18 bits per heavy atom. The van der Waals surface area contributed by atoms with Crippen molar-refractivity contribution in [1.29, 1.82) is 10.5 Å². The van der Waals surface area contributed by atoms with Gasteiger partial charge in [-0.1, -0.05) is 28.1 Å². The summed E-state index contributed by atoms with van der Waals surface area (Å²) in [5.74, 6) is -1.76. The largest absolute Gasteiger partial charge is 0.386 e. The third-order valence-electron chi connectivity index (χ3n) is 4.81. The molecule has 2 aliphatic heterocycles. The molecule has 0 amide bonds. The lowest BCUT2D eigenvalue weighted by molar-refractivity contribution is -0.184. The number of amidine groups is 1. The molecule has 0 radical (unpaired) electrons. The van der Waals surface area contributed by atoms with Gasteiger partial charge < -0.3 is 15.2 Å². The average molecular weight is 359 g/mol. The molecule has 0 unspecified atom stereocenters. The number of nitrogens with two attached hydrogens (primary N) is 1. The summed E-state index contributed by atoms with van der Waals surface area (Å²) in [6, 6.07) is 12.0. The molecule has 0 bridgehead atoms. The molecule has 1 saturated carbocycles. The van der Waals surface area contributed by atoms with Gasteiger partial charge in [0.2, 0.25) is 0 Å². The first kappa shape index (κ1) is 13.7. The van der Waals surface area contributed by atoms with Gasteiger partial charge in [-0.15, -0.1) is 0 Å². The van der Waals surface area contributed by atoms with E-state index in [4.69, 9.17) is 15.2 Å². The van der Waals surface area contributed by atoms with Crippen molar-refractivity contribution in [2.24, 2.45) is 21.6 Å². The van der Waals surface area contributed by atoms with Crippen molar-refractivity contribution < 1.29 is 9.47 Å². The molecule has 1 aromatic rings. The fraction of sp³-hybridized carbons (Fsp3) is 0.400. The third-order valence-corrected chi connectivity index (χ3v) is 5.34. The molecule has 2 heterocycles. The number of benzene rings is 1. The predicted octanol–water partition coefficient (Wildman–Crippen LogP) is 1.64. The van der Waals surface area contributed by atoms with E-state index in [0.29, 0.717) is 13.2 Å². The van der Waals surface area contributed by atoms with Crippen molar-refractivity contribution in [3.8, 4) is 12.1 Å². The van der Waals surface area contributed by atoms with Crippen molar-refractivity contribution in [1.82, 2.24) is 0 Å². The van der Waals surface area contributed by atoms with Crippen LogP contribution in [0.4, 0.5) is 0 Å². The first-order valence-corrected chi connectivity index (χ1v) is 7.59. The molecule has 110 valence electrons. The number of nitriles is 2. The van der Waals surface area contributed by atoms with Crippen LogP contribution in [0.1, 0.15) is 11.5 Å². The van der Waals surface area contributed by atoms with Gasteiger partial charge in [0.1, 0.15) is 11.3 Å². The first-order chi connectivity index (χ1) is 10.6. The minimum Gasteiger partial charge on any atom is -0.386 e. The monoisotopic (exact) mass is 358 g/mol. The number of ether oxygens (including phenoxy) is 2. The fourth-order valence-electron chi connectivity index (χ4n) is 3.87. The molecular weight excluding hydrogens is 348 g/mol. The smallest absolute Gasteiger partial charge is 0.293 e. The van der Waals surface area contributed by atoms with Gasteiger partial charge in [0.15, 0.2) is 5.41 Å². The third kappa shape index (κ3) is 1.21. The Morgan fingerprint density at radius 2 is 1.82 bits per heavy atom. The molecule has 6 nitrogen and oxygen atoms in total. The summed E-state index contributed by atoms with van der Waals surface area (Å²) in [6.45, 7) is 0.656. The Labute approximate surface area is 135 Å². The van der Waals surface area contributed by atoms with E-state index in [1.807, 2.05) is 24.3 Å². The van der Waals surface area contributed by atoms with Gasteiger partial charge in [-0.25, -0.2) is 4.99 Å². The maximum absolute atomic E-state index is 9.89. The number of hydrogen-bond donors (Lipinski definition) is 1. The maximum Gasteiger partial charge on any atom is 0.293 e. The van der Waals surface area contributed by atoms with E-state index in [1.54, 1.807) is 0 Å². The Balaban J connectivity index is 1.92. The van der Waals surface area contributed by atoms with Gasteiger partial charge in [0, 0.05) is 10.4 Å². The number of aliphatic imine (C=N–C) groups is 1. The topological polar surface area (TPSA) is 104 Å². The zero-order valence-electron chi connectivity index (χ0n) is 11.4. The van der Waals surface area contributed by atoms with Crippen LogP contribution >= 0.6 is 15.9 Å². The van der Waals surface area contributed by atoms with Crippen molar-refractivity contribution in [3.63, 3.8) is 0 Å². The highest BCUT2D eigenvalue weighted by Crippen LogP contribution is 2.82. The number of fused-ring (bicyclic) bond motifs is 2. The minimum atomic E-state index is -1.46. The Kier molecular flexibility index (Phi) is 2.54. The molecular formula is C15H11BrN4O2. The second-order valence-electron chi connectivity index (χ2n) is 5.60. The number of rotatable bonds is 1. The van der Waals surface area contributed by atoms with Crippen LogP contribution in [-0.2, 0) is 9.47 Å². The summed E-state index contributed by atoms with van der Waals surface area (Å²) < 4.78 is 12.2. The first-order valence-electron chi connectivity index (χ1n) is 6.80. The predicted molar refractivity (Wildman–Crippen MR) is 79.2 cm³/mol. The normalized spacial score (nSPS) is 37.2. The summed E-state index contributed by atoms with van der Waals surface area (Å²) in [4.78, 5) is 4.23. The van der Waals surface area contributed by atoms with Gasteiger partial charge in [0.25, 0.3) is 5.91 Å². The van der Waals surface area contributed by atoms with E-state index in [2.05, 4.69) is 33.1 Å². The lowest BCUT2D eigenvalue weighted by atomic mass is 9.94. The standard InChI is InChI=1S/C15H11BrN4O2/c16-10-3-1-9(2-4-10)11-13(7-17)12(19)20-15(14(11,13)8-18)21-5-6-22-15/h1-4,11H,5-6H2,(H2,19,20)/t11-,13-,14-/m1/s1. The summed E-state index contributed by atoms with van der Waals surface area (Å²) >= 11 is 3.38. The Hall–Kier alpha value is -1.93. The molecule has 4 rings (SSSR count). The van der Waals surface area contributed by atoms with Crippen molar-refractivity contribution >= 4 is 21.8 Å². The van der Waals surface area contributed by atoms with E-state index >= 15 is 0 Å². The highest BCUT2D eigenvalue weighted by atomic mass is 79.9. The SMILES string of the molecule is N#C[C@@]12C(N)=NC3(OCCO3)[C@]1(C#N)[C@@H]2c1ccc(Br)cc1. The lowest BCUT2D eigenvalue weighted by Gasteiger charge is -2.25. The molecule has 22 heavy (non-hydrogen) atoms. The van der Waals surface area contributed by atoms with E-state index in [1.165, 1.54) is 0 Å². The molecule has 3 aliphatic rings. The van der Waals surface area contributed by atoms with Crippen molar-refractivity contribution in [2.75, 3.05) is 13.2 Å². The van der Waals surface area contributed by atoms with E-state index < -0.39 is 22.7 Å². The van der Waals surface area contributed by atoms with E-state index in [9.17, 15) is 10.5 Å². The van der Waals surface area contributed by atoms with Gasteiger partial charge in [-0.05, 0) is 17.7 Å². The van der Waals surface area contributed by atoms with Gasteiger partial charge in [0.05, 0.1) is 25.4 Å². The minimum absolute atomic E-state index is 0.117. The van der Waals surface area contributed by atoms with E-state index in [-0.39, 0.29) is 5.84 Å². The molecule has 1 spiro atoms. The second-order valence-corrected chi connectivity index (χ2v) is 6.52. The molecule has 0 aromatic heterocycles. The van der Waals surface area contributed by atoms with Crippen LogP contribution in [0.2, 0.25) is 0 Å². The summed E-state index contributed by atoms with van der Waals surface area (Å²) in [5.41, 5.74) is 4.47. The fourth-order valence-corrected chi connectivity index (χ4v) is 4.14. The number of nitrogens with zero attached hydrogens (tertiary/aromatic N) is 3. The van der Waals surface area contributed by atoms with Crippen LogP contribution in [0.15, 0.2) is 33.7 Å². The molecule has 1 saturated heterocycles. The van der Waals surface area contributed by atoms with Gasteiger partial charge >= 0.3 is 0 Å². The molecule has 2 fully saturated rings. The molecule has 2 N–H and O–H groups in total. The summed E-state index contributed by atoms with van der Waals surface area (Å²) in [7, 11) is 0. The van der Waals surface area contributed by atoms with Crippen LogP contribution in [0.5, 0.6) is 0 Å². The molecule has 1 aromatic carbocycles. The number of halogens is 1. The molecule has 1 aliphatic carbocycles. The Bertz CT molecular complexity index is 772. The van der Waals surface area contributed by atoms with Gasteiger partial charge in [-0.3, -0.25) is 0 Å². The second kappa shape index (κ2) is 4.08. The molecule has 7 heteroatoms. The zero-order chi connectivity index (χ0) is 15.6. The van der Waals surface area contributed by atoms with E-state index in [0.717, 1.165) is 10.0 Å². The summed E-state index contributed by atoms with van der Waals surface area (Å²) in [6.07, 6.45) is 0. The van der Waals surface area contributed by atoms with Gasteiger partial charge in [-0.2, -0.15) is 10.5 Å². The molecule has 3 atom stereocenters. The maximum atomic E-state index is 9.89. The van der Waals surface area contributed by atoms with Crippen LogP contribution in [-0.4, -0.2) is 25.0 Å². The Morgan fingerprint density at radius 3 is 2.36 bits per heavy atom. The van der Waals surface area contributed by atoms with Crippen LogP contribution in [0, 0.1) is 33.5 Å². The van der Waals surface area contributed by atoms with Crippen molar-refractivity contribution in [3.05, 3.63) is 34.3 Å².